The highest BCUT2D eigenvalue weighted by Crippen LogP contribution is 2.33. The van der Waals surface area contributed by atoms with Crippen LogP contribution in [0.4, 0.5) is 15.8 Å². The Morgan fingerprint density at radius 3 is 2.65 bits per heavy atom. The molecule has 2 rings (SSSR count). The smallest absolute Gasteiger partial charge is 0.294 e. The van der Waals surface area contributed by atoms with Crippen molar-refractivity contribution in [1.29, 1.82) is 0 Å². The summed E-state index contributed by atoms with van der Waals surface area (Å²) in [6, 6.07) is 2.19. The quantitative estimate of drug-likeness (QED) is 0.650. The number of piperazine rings is 1. The van der Waals surface area contributed by atoms with Crippen LogP contribution in [0.25, 0.3) is 0 Å². The molecule has 1 N–H and O–H groups in total. The second-order valence-corrected chi connectivity index (χ2v) is 4.16. The average molecular weight is 260 g/mol. The fourth-order valence-electron chi connectivity index (χ4n) is 1.83. The predicted molar refractivity (Wildman–Crippen MR) is 63.1 cm³/mol. The standard InChI is InChI=1S/C10H11ClFN3O2/c11-7-5-10(15(16)17)9(6-8(7)12)14-3-1-13-2-4-14/h5-6,13H,1-4H2. The van der Waals surface area contributed by atoms with Crippen LogP contribution >= 0.6 is 11.6 Å². The molecule has 0 saturated carbocycles. The topological polar surface area (TPSA) is 58.4 Å². The summed E-state index contributed by atoms with van der Waals surface area (Å²) in [5, 5.41) is 13.8. The number of nitrogens with zero attached hydrogens (tertiary/aromatic N) is 2. The van der Waals surface area contributed by atoms with Gasteiger partial charge in [0, 0.05) is 38.3 Å². The Morgan fingerprint density at radius 1 is 1.41 bits per heavy atom. The fraction of sp³-hybridized carbons (Fsp3) is 0.400. The second-order valence-electron chi connectivity index (χ2n) is 3.75. The number of nitro groups is 1. The molecule has 0 bridgehead atoms. The summed E-state index contributed by atoms with van der Waals surface area (Å²) in [4.78, 5) is 12.2. The van der Waals surface area contributed by atoms with Gasteiger partial charge in [-0.05, 0) is 0 Å². The van der Waals surface area contributed by atoms with E-state index in [0.717, 1.165) is 25.2 Å². The van der Waals surface area contributed by atoms with Gasteiger partial charge in [-0.3, -0.25) is 10.1 Å². The molecule has 17 heavy (non-hydrogen) atoms. The lowest BCUT2D eigenvalue weighted by Crippen LogP contribution is -2.43. The van der Waals surface area contributed by atoms with Gasteiger partial charge in [-0.25, -0.2) is 4.39 Å². The van der Waals surface area contributed by atoms with E-state index in [9.17, 15) is 14.5 Å². The zero-order valence-corrected chi connectivity index (χ0v) is 9.71. The molecule has 0 unspecified atom stereocenters. The molecule has 7 heteroatoms. The summed E-state index contributed by atoms with van der Waals surface area (Å²) in [5.41, 5.74) is 0.136. The van der Waals surface area contributed by atoms with E-state index in [1.54, 1.807) is 4.90 Å². The fourth-order valence-corrected chi connectivity index (χ4v) is 1.99. The summed E-state index contributed by atoms with van der Waals surface area (Å²) < 4.78 is 13.4. The molecular weight excluding hydrogens is 249 g/mol. The molecule has 1 aliphatic rings. The van der Waals surface area contributed by atoms with E-state index in [-0.39, 0.29) is 10.7 Å². The summed E-state index contributed by atoms with van der Waals surface area (Å²) in [6.07, 6.45) is 0. The summed E-state index contributed by atoms with van der Waals surface area (Å²) in [7, 11) is 0. The average Bonchev–Trinajstić information content (AvgIpc) is 2.33. The maximum Gasteiger partial charge on any atom is 0.294 e. The monoisotopic (exact) mass is 259 g/mol. The molecule has 92 valence electrons. The highest BCUT2D eigenvalue weighted by Gasteiger charge is 2.23. The first kappa shape index (κ1) is 12.1. The Bertz CT molecular complexity index is 449. The van der Waals surface area contributed by atoms with Crippen molar-refractivity contribution in [3.05, 3.63) is 33.1 Å². The number of nitrogens with one attached hydrogen (secondary N) is 1. The largest absolute Gasteiger partial charge is 0.363 e. The van der Waals surface area contributed by atoms with Crippen LogP contribution in [0.2, 0.25) is 5.02 Å². The SMILES string of the molecule is O=[N+]([O-])c1cc(Cl)c(F)cc1N1CCNCC1. The van der Waals surface area contributed by atoms with E-state index < -0.39 is 10.7 Å². The van der Waals surface area contributed by atoms with Crippen molar-refractivity contribution >= 4 is 23.0 Å². The molecule has 0 aliphatic carbocycles. The van der Waals surface area contributed by atoms with E-state index in [2.05, 4.69) is 5.32 Å². The minimum atomic E-state index is -0.634. The van der Waals surface area contributed by atoms with Gasteiger partial charge in [-0.2, -0.15) is 0 Å². The second kappa shape index (κ2) is 4.85. The first-order chi connectivity index (χ1) is 8.09. The number of halogens is 2. The van der Waals surface area contributed by atoms with Gasteiger partial charge in [-0.1, -0.05) is 11.6 Å². The molecule has 1 aromatic carbocycles. The van der Waals surface area contributed by atoms with Crippen LogP contribution in [0.5, 0.6) is 0 Å². The highest BCUT2D eigenvalue weighted by molar-refractivity contribution is 6.31. The Balaban J connectivity index is 2.42. The van der Waals surface area contributed by atoms with Gasteiger partial charge in [0.25, 0.3) is 5.69 Å². The molecule has 0 amide bonds. The van der Waals surface area contributed by atoms with Crippen molar-refractivity contribution in [2.45, 2.75) is 0 Å². The Hall–Kier alpha value is -1.40. The molecule has 5 nitrogen and oxygen atoms in total. The Morgan fingerprint density at radius 2 is 2.06 bits per heavy atom. The lowest BCUT2D eigenvalue weighted by Gasteiger charge is -2.29. The Labute approximate surface area is 102 Å². The maximum atomic E-state index is 13.4. The number of benzene rings is 1. The van der Waals surface area contributed by atoms with E-state index in [0.29, 0.717) is 18.8 Å². The van der Waals surface area contributed by atoms with Crippen LogP contribution in [0.1, 0.15) is 0 Å². The zero-order valence-electron chi connectivity index (χ0n) is 8.95. The Kier molecular flexibility index (Phi) is 3.44. The van der Waals surface area contributed by atoms with Gasteiger partial charge in [0.05, 0.1) is 9.95 Å². The van der Waals surface area contributed by atoms with Crippen molar-refractivity contribution in [2.75, 3.05) is 31.1 Å². The van der Waals surface area contributed by atoms with Crippen LogP contribution in [0.3, 0.4) is 0 Å². The van der Waals surface area contributed by atoms with Crippen molar-refractivity contribution in [3.63, 3.8) is 0 Å². The third-order valence-electron chi connectivity index (χ3n) is 2.67. The maximum absolute atomic E-state index is 13.4. The zero-order chi connectivity index (χ0) is 12.4. The van der Waals surface area contributed by atoms with Crippen LogP contribution in [0, 0.1) is 15.9 Å². The lowest BCUT2D eigenvalue weighted by molar-refractivity contribution is -0.384. The predicted octanol–water partition coefficient (Wildman–Crippen LogP) is 1.80. The first-order valence-electron chi connectivity index (χ1n) is 5.18. The molecule has 1 aliphatic heterocycles. The van der Waals surface area contributed by atoms with Gasteiger partial charge in [0.2, 0.25) is 0 Å². The molecular formula is C10H11ClFN3O2. The molecule has 0 spiro atoms. The normalized spacial score (nSPS) is 16.0. The highest BCUT2D eigenvalue weighted by atomic mass is 35.5. The van der Waals surface area contributed by atoms with Crippen molar-refractivity contribution in [3.8, 4) is 0 Å². The number of rotatable bonds is 2. The van der Waals surface area contributed by atoms with Gasteiger partial charge in [0.15, 0.2) is 0 Å². The number of hydrogen-bond acceptors (Lipinski definition) is 4. The van der Waals surface area contributed by atoms with Crippen molar-refractivity contribution in [2.24, 2.45) is 0 Å². The van der Waals surface area contributed by atoms with Gasteiger partial charge < -0.3 is 10.2 Å². The number of nitro benzene ring substituents is 1. The van der Waals surface area contributed by atoms with E-state index in [4.69, 9.17) is 11.6 Å². The van der Waals surface area contributed by atoms with Gasteiger partial charge in [-0.15, -0.1) is 0 Å². The minimum Gasteiger partial charge on any atom is -0.363 e. The minimum absolute atomic E-state index is 0.154. The van der Waals surface area contributed by atoms with Crippen molar-refractivity contribution < 1.29 is 9.31 Å². The van der Waals surface area contributed by atoms with Gasteiger partial charge >= 0.3 is 0 Å². The van der Waals surface area contributed by atoms with E-state index in [1.165, 1.54) is 0 Å². The van der Waals surface area contributed by atoms with Crippen LogP contribution < -0.4 is 10.2 Å². The molecule has 0 radical (unpaired) electrons. The molecule has 0 atom stereocenters. The molecule has 0 aromatic heterocycles. The molecule has 1 saturated heterocycles. The molecule has 1 fully saturated rings. The third-order valence-corrected chi connectivity index (χ3v) is 2.96. The molecule has 1 heterocycles. The third kappa shape index (κ3) is 2.48. The number of anilines is 1. The van der Waals surface area contributed by atoms with Crippen LogP contribution in [-0.2, 0) is 0 Å². The number of hydrogen-bond donors (Lipinski definition) is 1. The summed E-state index contributed by atoms with van der Waals surface area (Å²) in [6.45, 7) is 2.67. The van der Waals surface area contributed by atoms with E-state index >= 15 is 0 Å². The summed E-state index contributed by atoms with van der Waals surface area (Å²) >= 11 is 5.56. The van der Waals surface area contributed by atoms with Crippen LogP contribution in [-0.4, -0.2) is 31.1 Å². The van der Waals surface area contributed by atoms with Gasteiger partial charge in [0.1, 0.15) is 11.5 Å². The first-order valence-corrected chi connectivity index (χ1v) is 5.56. The van der Waals surface area contributed by atoms with Crippen molar-refractivity contribution in [1.82, 2.24) is 5.32 Å². The lowest BCUT2D eigenvalue weighted by atomic mass is 10.2. The van der Waals surface area contributed by atoms with E-state index in [1.807, 2.05) is 0 Å². The summed E-state index contributed by atoms with van der Waals surface area (Å²) in [5.74, 6) is -0.634. The van der Waals surface area contributed by atoms with Crippen LogP contribution in [0.15, 0.2) is 12.1 Å². The molecule has 1 aromatic rings.